The number of hydrogen-bond donors (Lipinski definition) is 0. The molecule has 19 heavy (non-hydrogen) atoms. The van der Waals surface area contributed by atoms with Crippen molar-refractivity contribution < 1.29 is 18.7 Å². The van der Waals surface area contributed by atoms with Crippen LogP contribution in [0.5, 0.6) is 0 Å². The maximum absolute atomic E-state index is 11.8. The Morgan fingerprint density at radius 3 is 2.47 bits per heavy atom. The first-order chi connectivity index (χ1) is 8.74. The van der Waals surface area contributed by atoms with Crippen LogP contribution in [0.4, 0.5) is 0 Å². The van der Waals surface area contributed by atoms with E-state index in [0.717, 1.165) is 0 Å². The number of carbonyl (C=O) groups excluding carboxylic acids is 1. The molecule has 108 valence electrons. The Kier molecular flexibility index (Phi) is 5.11. The van der Waals surface area contributed by atoms with Crippen molar-refractivity contribution in [2.75, 3.05) is 6.61 Å². The van der Waals surface area contributed by atoms with E-state index in [4.69, 9.17) is 13.9 Å². The minimum atomic E-state index is -0.472. The Hall–Kier alpha value is -1.36. The zero-order chi connectivity index (χ0) is 14.6. The fourth-order valence-electron chi connectivity index (χ4n) is 1.45. The fourth-order valence-corrected chi connectivity index (χ4v) is 1.45. The molecule has 5 nitrogen and oxygen atoms in total. The van der Waals surface area contributed by atoms with Crippen molar-refractivity contribution in [2.45, 2.75) is 59.7 Å². The van der Waals surface area contributed by atoms with Crippen LogP contribution in [0.25, 0.3) is 0 Å². The number of esters is 1. The summed E-state index contributed by atoms with van der Waals surface area (Å²) in [6.07, 6.45) is 0. The highest BCUT2D eigenvalue weighted by Gasteiger charge is 2.24. The average molecular weight is 269 g/mol. The molecule has 0 amide bonds. The first kappa shape index (κ1) is 15.7. The quantitative estimate of drug-likeness (QED) is 0.767. The molecule has 0 bridgehead atoms. The lowest BCUT2D eigenvalue weighted by atomic mass is 10.1. The van der Waals surface area contributed by atoms with Gasteiger partial charge in [0.1, 0.15) is 6.61 Å². The predicted molar refractivity (Wildman–Crippen MR) is 71.1 cm³/mol. The second-order valence-corrected chi connectivity index (χ2v) is 5.60. The van der Waals surface area contributed by atoms with Gasteiger partial charge in [-0.3, -0.25) is 0 Å². The standard InChI is InChI=1S/C14H23NO4/c1-7-17-13(16)12-11(9(2)3)15-10(19-12)8-18-14(4,5)6/h9H,7-8H2,1-6H3. The van der Waals surface area contributed by atoms with E-state index in [1.165, 1.54) is 0 Å². The van der Waals surface area contributed by atoms with Gasteiger partial charge in [-0.05, 0) is 33.6 Å². The van der Waals surface area contributed by atoms with Crippen molar-refractivity contribution in [1.29, 1.82) is 0 Å². The van der Waals surface area contributed by atoms with Crippen LogP contribution in [0.2, 0.25) is 0 Å². The van der Waals surface area contributed by atoms with Crippen LogP contribution < -0.4 is 0 Å². The molecule has 1 aromatic heterocycles. The number of rotatable bonds is 5. The van der Waals surface area contributed by atoms with Crippen LogP contribution in [-0.2, 0) is 16.1 Å². The summed E-state index contributed by atoms with van der Waals surface area (Å²) >= 11 is 0. The zero-order valence-corrected chi connectivity index (χ0v) is 12.6. The summed E-state index contributed by atoms with van der Waals surface area (Å²) < 4.78 is 16.0. The second kappa shape index (κ2) is 6.19. The summed E-state index contributed by atoms with van der Waals surface area (Å²) in [4.78, 5) is 16.1. The minimum Gasteiger partial charge on any atom is -0.460 e. The number of carbonyl (C=O) groups is 1. The van der Waals surface area contributed by atoms with E-state index in [9.17, 15) is 4.79 Å². The van der Waals surface area contributed by atoms with Crippen LogP contribution in [0, 0.1) is 0 Å². The molecule has 0 radical (unpaired) electrons. The number of oxazole rings is 1. The molecule has 1 aromatic rings. The van der Waals surface area contributed by atoms with Crippen LogP contribution in [0.15, 0.2) is 4.42 Å². The van der Waals surface area contributed by atoms with Gasteiger partial charge in [0.05, 0.1) is 17.9 Å². The highest BCUT2D eigenvalue weighted by Crippen LogP contribution is 2.22. The minimum absolute atomic E-state index is 0.0894. The molecule has 0 N–H and O–H groups in total. The second-order valence-electron chi connectivity index (χ2n) is 5.60. The Morgan fingerprint density at radius 2 is 2.00 bits per heavy atom. The summed E-state index contributed by atoms with van der Waals surface area (Å²) in [5.41, 5.74) is 0.335. The van der Waals surface area contributed by atoms with Gasteiger partial charge in [0.2, 0.25) is 11.7 Å². The third-order valence-electron chi connectivity index (χ3n) is 2.33. The molecule has 1 heterocycles. The normalized spacial score (nSPS) is 11.9. The summed E-state index contributed by atoms with van der Waals surface area (Å²) in [5.74, 6) is 0.207. The largest absolute Gasteiger partial charge is 0.460 e. The zero-order valence-electron chi connectivity index (χ0n) is 12.6. The van der Waals surface area contributed by atoms with E-state index in [1.54, 1.807) is 6.92 Å². The molecule has 0 atom stereocenters. The molecule has 0 aliphatic heterocycles. The van der Waals surface area contributed by atoms with Gasteiger partial charge in [-0.15, -0.1) is 0 Å². The van der Waals surface area contributed by atoms with Crippen molar-refractivity contribution >= 4 is 5.97 Å². The molecule has 1 rings (SSSR count). The molecule has 0 aromatic carbocycles. The molecule has 0 unspecified atom stereocenters. The van der Waals surface area contributed by atoms with E-state index in [2.05, 4.69) is 4.98 Å². The first-order valence-corrected chi connectivity index (χ1v) is 6.55. The topological polar surface area (TPSA) is 61.6 Å². The molecule has 0 aliphatic rings. The molecule has 0 saturated heterocycles. The highest BCUT2D eigenvalue weighted by atomic mass is 16.5. The van der Waals surface area contributed by atoms with Crippen molar-refractivity contribution in [1.82, 2.24) is 4.98 Å². The lowest BCUT2D eigenvalue weighted by Gasteiger charge is -2.17. The number of aromatic nitrogens is 1. The molecular formula is C14H23NO4. The van der Waals surface area contributed by atoms with Crippen molar-refractivity contribution in [3.8, 4) is 0 Å². The molecule has 0 aliphatic carbocycles. The van der Waals surface area contributed by atoms with Gasteiger partial charge in [-0.1, -0.05) is 13.8 Å². The van der Waals surface area contributed by atoms with Crippen LogP contribution in [0.3, 0.4) is 0 Å². The fraction of sp³-hybridized carbons (Fsp3) is 0.714. The Morgan fingerprint density at radius 1 is 1.37 bits per heavy atom. The maximum Gasteiger partial charge on any atom is 0.376 e. The number of hydrogen-bond acceptors (Lipinski definition) is 5. The smallest absolute Gasteiger partial charge is 0.376 e. The third kappa shape index (κ3) is 4.67. The molecular weight excluding hydrogens is 246 g/mol. The van der Waals surface area contributed by atoms with Gasteiger partial charge < -0.3 is 13.9 Å². The lowest BCUT2D eigenvalue weighted by Crippen LogP contribution is -2.18. The molecule has 0 fully saturated rings. The summed E-state index contributed by atoms with van der Waals surface area (Å²) in [6.45, 7) is 12.1. The van der Waals surface area contributed by atoms with E-state index in [0.29, 0.717) is 18.2 Å². The Labute approximate surface area is 114 Å². The van der Waals surface area contributed by atoms with Crippen molar-refractivity contribution in [2.24, 2.45) is 0 Å². The monoisotopic (exact) mass is 269 g/mol. The number of ether oxygens (including phenoxy) is 2. The van der Waals surface area contributed by atoms with Crippen LogP contribution >= 0.6 is 0 Å². The molecule has 0 spiro atoms. The van der Waals surface area contributed by atoms with Gasteiger partial charge >= 0.3 is 5.97 Å². The van der Waals surface area contributed by atoms with E-state index < -0.39 is 5.97 Å². The van der Waals surface area contributed by atoms with Crippen molar-refractivity contribution in [3.63, 3.8) is 0 Å². The maximum atomic E-state index is 11.8. The van der Waals surface area contributed by atoms with Crippen molar-refractivity contribution in [3.05, 3.63) is 17.3 Å². The Balaban J connectivity index is 2.91. The Bertz CT molecular complexity index is 429. The predicted octanol–water partition coefficient (Wildman–Crippen LogP) is 3.29. The van der Waals surface area contributed by atoms with Gasteiger partial charge in [0, 0.05) is 0 Å². The van der Waals surface area contributed by atoms with Gasteiger partial charge in [-0.2, -0.15) is 0 Å². The molecule has 5 heteroatoms. The summed E-state index contributed by atoms with van der Waals surface area (Å²) in [5, 5.41) is 0. The summed E-state index contributed by atoms with van der Waals surface area (Å²) in [7, 11) is 0. The lowest BCUT2D eigenvalue weighted by molar-refractivity contribution is -0.0247. The SMILES string of the molecule is CCOC(=O)c1oc(COC(C)(C)C)nc1C(C)C. The summed E-state index contributed by atoms with van der Waals surface area (Å²) in [6, 6.07) is 0. The number of nitrogens with zero attached hydrogens (tertiary/aromatic N) is 1. The highest BCUT2D eigenvalue weighted by molar-refractivity contribution is 5.87. The molecule has 0 saturated carbocycles. The van der Waals surface area contributed by atoms with E-state index in [1.807, 2.05) is 34.6 Å². The van der Waals surface area contributed by atoms with Crippen LogP contribution in [-0.4, -0.2) is 23.2 Å². The van der Waals surface area contributed by atoms with Crippen LogP contribution in [0.1, 0.15) is 69.6 Å². The first-order valence-electron chi connectivity index (χ1n) is 6.55. The van der Waals surface area contributed by atoms with Gasteiger partial charge in [-0.25, -0.2) is 9.78 Å². The van der Waals surface area contributed by atoms with Gasteiger partial charge in [0.15, 0.2) is 0 Å². The average Bonchev–Trinajstić information content (AvgIpc) is 2.70. The van der Waals surface area contributed by atoms with Gasteiger partial charge in [0.25, 0.3) is 0 Å². The third-order valence-corrected chi connectivity index (χ3v) is 2.33. The van der Waals surface area contributed by atoms with E-state index >= 15 is 0 Å². The van der Waals surface area contributed by atoms with E-state index in [-0.39, 0.29) is 23.9 Å².